The van der Waals surface area contributed by atoms with Gasteiger partial charge >= 0.3 is 0 Å². The molecule has 1 atom stereocenters. The van der Waals surface area contributed by atoms with Gasteiger partial charge in [-0.2, -0.15) is 0 Å². The molecule has 0 saturated heterocycles. The molecule has 0 aliphatic heterocycles. The minimum Gasteiger partial charge on any atom is -0.354 e. The number of hydrogen-bond acceptors (Lipinski definition) is 3. The topological polar surface area (TPSA) is 41.1 Å². The smallest absolute Gasteiger partial charge is 0.230 e. The van der Waals surface area contributed by atoms with Crippen LogP contribution in [0.5, 0.6) is 0 Å². The van der Waals surface area contributed by atoms with Gasteiger partial charge in [0.15, 0.2) is 0 Å². The maximum Gasteiger partial charge on any atom is 0.230 e. The minimum absolute atomic E-state index is 0.0806. The molecule has 2 N–H and O–H groups in total. The largest absolute Gasteiger partial charge is 0.354 e. The molecule has 0 heterocycles. The third-order valence-corrected chi connectivity index (χ3v) is 4.20. The fraction of sp³-hybridized carbons (Fsp3) is 0.562. The van der Waals surface area contributed by atoms with Crippen LogP contribution in [0, 0.1) is 0 Å². The second kappa shape index (κ2) is 7.70. The van der Waals surface area contributed by atoms with Gasteiger partial charge in [-0.15, -0.1) is 11.8 Å². The summed E-state index contributed by atoms with van der Waals surface area (Å²) in [5, 5.41) is 6.01. The van der Waals surface area contributed by atoms with E-state index in [0.29, 0.717) is 18.3 Å². The Balaban J connectivity index is 2.40. The second-order valence-electron chi connectivity index (χ2n) is 6.06. The van der Waals surface area contributed by atoms with E-state index >= 15 is 0 Å². The van der Waals surface area contributed by atoms with Gasteiger partial charge in [-0.25, -0.2) is 0 Å². The van der Waals surface area contributed by atoms with E-state index in [1.54, 1.807) is 11.8 Å². The molecular weight excluding hydrogens is 268 g/mol. The van der Waals surface area contributed by atoms with Crippen molar-refractivity contribution in [2.24, 2.45) is 0 Å². The number of benzene rings is 1. The molecule has 1 rings (SSSR count). The summed E-state index contributed by atoms with van der Waals surface area (Å²) in [5.41, 5.74) is 1.48. The van der Waals surface area contributed by atoms with Gasteiger partial charge in [0.05, 0.1) is 5.75 Å². The SMILES string of the molecule is CNC(C)CNC(=O)CSc1ccc(C(C)(C)C)cc1. The third-order valence-electron chi connectivity index (χ3n) is 3.19. The standard InChI is InChI=1S/C16H26N2OS/c1-12(17-5)10-18-15(19)11-20-14-8-6-13(7-9-14)16(2,3)4/h6-9,12,17H,10-11H2,1-5H3,(H,18,19). The van der Waals surface area contributed by atoms with Crippen LogP contribution in [0.4, 0.5) is 0 Å². The first kappa shape index (κ1) is 17.1. The molecule has 3 nitrogen and oxygen atoms in total. The maximum absolute atomic E-state index is 11.7. The Hall–Kier alpha value is -1.00. The van der Waals surface area contributed by atoms with E-state index in [1.807, 2.05) is 14.0 Å². The lowest BCUT2D eigenvalue weighted by Crippen LogP contribution is -2.37. The summed E-state index contributed by atoms with van der Waals surface area (Å²) in [4.78, 5) is 12.8. The quantitative estimate of drug-likeness (QED) is 0.793. The van der Waals surface area contributed by atoms with E-state index < -0.39 is 0 Å². The van der Waals surface area contributed by atoms with Crippen molar-refractivity contribution in [3.05, 3.63) is 29.8 Å². The highest BCUT2D eigenvalue weighted by molar-refractivity contribution is 8.00. The minimum atomic E-state index is 0.0806. The molecule has 1 aromatic carbocycles. The number of carbonyl (C=O) groups excluding carboxylic acids is 1. The molecular formula is C16H26N2OS. The zero-order valence-corrected chi connectivity index (χ0v) is 13.9. The average molecular weight is 294 g/mol. The first-order valence-corrected chi connectivity index (χ1v) is 7.99. The zero-order chi connectivity index (χ0) is 15.2. The molecule has 0 saturated carbocycles. The van der Waals surface area contributed by atoms with Crippen LogP contribution in [0.3, 0.4) is 0 Å². The summed E-state index contributed by atoms with van der Waals surface area (Å²) in [6, 6.07) is 8.77. The first-order chi connectivity index (χ1) is 9.32. The van der Waals surface area contributed by atoms with Gasteiger partial charge in [-0.3, -0.25) is 4.79 Å². The Morgan fingerprint density at radius 3 is 2.35 bits per heavy atom. The van der Waals surface area contributed by atoms with Gasteiger partial charge in [0.2, 0.25) is 5.91 Å². The van der Waals surface area contributed by atoms with Crippen LogP contribution >= 0.6 is 11.8 Å². The number of thioether (sulfide) groups is 1. The fourth-order valence-electron chi connectivity index (χ4n) is 1.62. The highest BCUT2D eigenvalue weighted by Gasteiger charge is 2.13. The molecule has 0 radical (unpaired) electrons. The Kier molecular flexibility index (Phi) is 6.56. The molecule has 0 aromatic heterocycles. The Labute approximate surface area is 126 Å². The first-order valence-electron chi connectivity index (χ1n) is 7.00. The zero-order valence-electron chi connectivity index (χ0n) is 13.1. The molecule has 0 fully saturated rings. The fourth-order valence-corrected chi connectivity index (χ4v) is 2.35. The molecule has 20 heavy (non-hydrogen) atoms. The summed E-state index contributed by atoms with van der Waals surface area (Å²) in [6.45, 7) is 9.31. The predicted molar refractivity (Wildman–Crippen MR) is 87.4 cm³/mol. The van der Waals surface area contributed by atoms with Gasteiger partial charge < -0.3 is 10.6 Å². The highest BCUT2D eigenvalue weighted by Crippen LogP contribution is 2.25. The highest BCUT2D eigenvalue weighted by atomic mass is 32.2. The van der Waals surface area contributed by atoms with E-state index in [-0.39, 0.29) is 11.3 Å². The summed E-state index contributed by atoms with van der Waals surface area (Å²) >= 11 is 1.57. The number of nitrogens with one attached hydrogen (secondary N) is 2. The van der Waals surface area contributed by atoms with E-state index in [0.717, 1.165) is 4.90 Å². The molecule has 1 amide bonds. The van der Waals surface area contributed by atoms with Gasteiger partial charge in [-0.1, -0.05) is 32.9 Å². The van der Waals surface area contributed by atoms with Gasteiger partial charge in [0.25, 0.3) is 0 Å². The van der Waals surface area contributed by atoms with Crippen molar-refractivity contribution in [3.8, 4) is 0 Å². The molecule has 0 bridgehead atoms. The number of amides is 1. The second-order valence-corrected chi connectivity index (χ2v) is 7.11. The Bertz CT molecular complexity index is 423. The summed E-state index contributed by atoms with van der Waals surface area (Å²) in [7, 11) is 1.89. The lowest BCUT2D eigenvalue weighted by Gasteiger charge is -2.19. The predicted octanol–water partition coefficient (Wildman–Crippen LogP) is 2.80. The van der Waals surface area contributed by atoms with Crippen molar-refractivity contribution < 1.29 is 4.79 Å². The molecule has 112 valence electrons. The molecule has 1 aromatic rings. The van der Waals surface area contributed by atoms with Crippen LogP contribution < -0.4 is 10.6 Å². The summed E-state index contributed by atoms with van der Waals surface area (Å²) < 4.78 is 0. The third kappa shape index (κ3) is 5.97. The Morgan fingerprint density at radius 1 is 1.25 bits per heavy atom. The van der Waals surface area contributed by atoms with Crippen molar-refractivity contribution in [1.29, 1.82) is 0 Å². The number of hydrogen-bond donors (Lipinski definition) is 2. The van der Waals surface area contributed by atoms with Gasteiger partial charge in [-0.05, 0) is 37.1 Å². The Morgan fingerprint density at radius 2 is 1.85 bits per heavy atom. The van der Waals surface area contributed by atoms with Crippen molar-refractivity contribution in [3.63, 3.8) is 0 Å². The normalized spacial score (nSPS) is 13.1. The molecule has 0 spiro atoms. The van der Waals surface area contributed by atoms with Crippen molar-refractivity contribution >= 4 is 17.7 Å². The van der Waals surface area contributed by atoms with Gasteiger partial charge in [0.1, 0.15) is 0 Å². The summed E-state index contributed by atoms with van der Waals surface area (Å²) in [6.07, 6.45) is 0. The lowest BCUT2D eigenvalue weighted by molar-refractivity contribution is -0.118. The van der Waals surface area contributed by atoms with Crippen molar-refractivity contribution in [2.75, 3.05) is 19.3 Å². The van der Waals surface area contributed by atoms with Crippen LogP contribution in [0.1, 0.15) is 33.3 Å². The van der Waals surface area contributed by atoms with Crippen molar-refractivity contribution in [1.82, 2.24) is 10.6 Å². The molecule has 1 unspecified atom stereocenters. The van der Waals surface area contributed by atoms with Crippen LogP contribution in [-0.2, 0) is 10.2 Å². The van der Waals surface area contributed by atoms with Crippen LogP contribution in [0.25, 0.3) is 0 Å². The average Bonchev–Trinajstić information content (AvgIpc) is 2.41. The van der Waals surface area contributed by atoms with Crippen LogP contribution in [0.15, 0.2) is 29.2 Å². The van der Waals surface area contributed by atoms with Crippen LogP contribution in [-0.4, -0.2) is 31.3 Å². The maximum atomic E-state index is 11.7. The van der Waals surface area contributed by atoms with Gasteiger partial charge in [0, 0.05) is 17.5 Å². The monoisotopic (exact) mass is 294 g/mol. The van der Waals surface area contributed by atoms with E-state index in [4.69, 9.17) is 0 Å². The molecule has 0 aliphatic carbocycles. The van der Waals surface area contributed by atoms with E-state index in [2.05, 4.69) is 55.7 Å². The van der Waals surface area contributed by atoms with Crippen molar-refractivity contribution in [2.45, 2.75) is 44.0 Å². The van der Waals surface area contributed by atoms with Crippen LogP contribution in [0.2, 0.25) is 0 Å². The molecule has 0 aliphatic rings. The van der Waals surface area contributed by atoms with E-state index in [1.165, 1.54) is 5.56 Å². The molecule has 4 heteroatoms. The number of likely N-dealkylation sites (N-methyl/N-ethyl adjacent to an activating group) is 1. The summed E-state index contributed by atoms with van der Waals surface area (Å²) in [5.74, 6) is 0.544. The van der Waals surface area contributed by atoms with E-state index in [9.17, 15) is 4.79 Å². The number of rotatable bonds is 6. The lowest BCUT2D eigenvalue weighted by atomic mass is 9.87. The number of carbonyl (C=O) groups is 1.